The van der Waals surface area contributed by atoms with E-state index in [0.717, 1.165) is 16.5 Å². The van der Waals surface area contributed by atoms with Gasteiger partial charge in [0, 0.05) is 34.9 Å². The highest BCUT2D eigenvalue weighted by Crippen LogP contribution is 2.30. The van der Waals surface area contributed by atoms with Crippen LogP contribution in [0.2, 0.25) is 10.0 Å². The van der Waals surface area contributed by atoms with Crippen LogP contribution in [0.1, 0.15) is 16.1 Å². The molecule has 3 aromatic carbocycles. The van der Waals surface area contributed by atoms with E-state index < -0.39 is 0 Å². The molecule has 182 valence electrons. The Morgan fingerprint density at radius 1 is 1.06 bits per heavy atom. The lowest BCUT2D eigenvalue weighted by atomic mass is 10.1. The minimum atomic E-state index is -0.376. The van der Waals surface area contributed by atoms with E-state index in [-0.39, 0.29) is 17.2 Å². The largest absolute Gasteiger partial charge is 0.495 e. The summed E-state index contributed by atoms with van der Waals surface area (Å²) in [5.74, 6) is 0.0954. The molecule has 0 saturated heterocycles. The lowest BCUT2D eigenvalue weighted by Crippen LogP contribution is -2.31. The van der Waals surface area contributed by atoms with Crippen molar-refractivity contribution in [2.75, 3.05) is 13.7 Å². The number of halogens is 2. The van der Waals surface area contributed by atoms with Gasteiger partial charge in [-0.2, -0.15) is 9.78 Å². The highest BCUT2D eigenvalue weighted by molar-refractivity contribution is 6.32. The fraction of sp³-hybridized carbons (Fsp3) is 0.148. The third-order valence-corrected chi connectivity index (χ3v) is 6.69. The summed E-state index contributed by atoms with van der Waals surface area (Å²) in [4.78, 5) is 27.1. The normalized spacial score (nSPS) is 11.2. The maximum absolute atomic E-state index is 13.6. The van der Waals surface area contributed by atoms with Crippen LogP contribution in [0.25, 0.3) is 27.5 Å². The first-order valence-electron chi connectivity index (χ1n) is 11.3. The first kappa shape index (κ1) is 23.9. The number of methoxy groups -OCH3 is 1. The molecule has 5 aromatic rings. The predicted octanol–water partition coefficient (Wildman–Crippen LogP) is 5.17. The van der Waals surface area contributed by atoms with E-state index in [1.165, 1.54) is 11.8 Å². The average molecular weight is 521 g/mol. The van der Waals surface area contributed by atoms with Crippen LogP contribution in [0.4, 0.5) is 0 Å². The van der Waals surface area contributed by atoms with Gasteiger partial charge in [0.05, 0.1) is 17.8 Å². The number of fused-ring (bicyclic) bond motifs is 3. The Balaban J connectivity index is 1.62. The van der Waals surface area contributed by atoms with E-state index in [0.29, 0.717) is 45.4 Å². The van der Waals surface area contributed by atoms with Crippen molar-refractivity contribution in [2.24, 2.45) is 7.05 Å². The molecule has 0 bridgehead atoms. The van der Waals surface area contributed by atoms with E-state index in [9.17, 15) is 9.59 Å². The minimum Gasteiger partial charge on any atom is -0.495 e. The molecule has 0 saturated carbocycles. The third kappa shape index (κ3) is 4.21. The smallest absolute Gasteiger partial charge is 0.296 e. The predicted molar refractivity (Wildman–Crippen MR) is 143 cm³/mol. The van der Waals surface area contributed by atoms with Gasteiger partial charge in [-0.05, 0) is 48.4 Å². The maximum atomic E-state index is 13.6. The number of para-hydroxylation sites is 1. The minimum absolute atomic E-state index is 0.157. The van der Waals surface area contributed by atoms with Crippen molar-refractivity contribution in [2.45, 2.75) is 6.42 Å². The Morgan fingerprint density at radius 2 is 1.81 bits per heavy atom. The van der Waals surface area contributed by atoms with Crippen LogP contribution in [0, 0.1) is 0 Å². The quantitative estimate of drug-likeness (QED) is 0.335. The summed E-state index contributed by atoms with van der Waals surface area (Å²) < 4.78 is 8.23. The van der Waals surface area contributed by atoms with Crippen molar-refractivity contribution in [3.8, 4) is 11.4 Å². The number of hydrogen-bond acceptors (Lipinski definition) is 4. The molecular weight excluding hydrogens is 499 g/mol. The van der Waals surface area contributed by atoms with Gasteiger partial charge in [0.2, 0.25) is 0 Å². The summed E-state index contributed by atoms with van der Waals surface area (Å²) in [5.41, 5.74) is 2.47. The van der Waals surface area contributed by atoms with Gasteiger partial charge in [-0.3, -0.25) is 9.59 Å². The second-order valence-corrected chi connectivity index (χ2v) is 9.16. The number of carbonyl (C=O) groups excluding carboxylic acids is 1. The number of amides is 1. The van der Waals surface area contributed by atoms with Crippen molar-refractivity contribution in [1.29, 1.82) is 0 Å². The molecule has 7 nitrogen and oxygen atoms in total. The molecule has 0 spiro atoms. The van der Waals surface area contributed by atoms with Gasteiger partial charge in [-0.15, -0.1) is 0 Å². The zero-order chi connectivity index (χ0) is 25.4. The van der Waals surface area contributed by atoms with E-state index in [1.54, 1.807) is 29.8 Å². The number of aryl methyl sites for hydroxylation is 1. The molecule has 0 unspecified atom stereocenters. The monoisotopic (exact) mass is 520 g/mol. The van der Waals surface area contributed by atoms with Crippen LogP contribution in [0.15, 0.2) is 71.5 Å². The number of rotatable bonds is 6. The van der Waals surface area contributed by atoms with Crippen LogP contribution in [0.5, 0.6) is 5.75 Å². The fourth-order valence-electron chi connectivity index (χ4n) is 4.36. The van der Waals surface area contributed by atoms with Crippen LogP contribution >= 0.6 is 23.2 Å². The van der Waals surface area contributed by atoms with Gasteiger partial charge in [-0.1, -0.05) is 53.5 Å². The lowest BCUT2D eigenvalue weighted by molar-refractivity contribution is 0.0949. The van der Waals surface area contributed by atoms with E-state index >= 15 is 0 Å². The van der Waals surface area contributed by atoms with Crippen molar-refractivity contribution >= 4 is 50.9 Å². The number of aromatic nitrogens is 3. The van der Waals surface area contributed by atoms with Crippen LogP contribution in [-0.4, -0.2) is 33.9 Å². The molecule has 0 atom stereocenters. The first-order valence-corrected chi connectivity index (χ1v) is 12.0. The van der Waals surface area contributed by atoms with E-state index in [4.69, 9.17) is 27.9 Å². The highest BCUT2D eigenvalue weighted by Gasteiger charge is 2.23. The van der Waals surface area contributed by atoms with Crippen molar-refractivity contribution in [3.63, 3.8) is 0 Å². The molecule has 2 aromatic heterocycles. The van der Waals surface area contributed by atoms with Gasteiger partial charge in [0.1, 0.15) is 11.3 Å². The summed E-state index contributed by atoms with van der Waals surface area (Å²) in [7, 11) is 3.32. The summed E-state index contributed by atoms with van der Waals surface area (Å²) in [6.45, 7) is 0.391. The van der Waals surface area contributed by atoms with E-state index in [1.807, 2.05) is 48.5 Å². The molecule has 9 heteroatoms. The highest BCUT2D eigenvalue weighted by atomic mass is 35.5. The summed E-state index contributed by atoms with van der Waals surface area (Å²) in [6.07, 6.45) is 0.620. The molecule has 2 heterocycles. The number of ether oxygens (including phenoxy) is 1. The number of carbonyl (C=O) groups is 1. The summed E-state index contributed by atoms with van der Waals surface area (Å²) in [6, 6.07) is 20.0. The summed E-state index contributed by atoms with van der Waals surface area (Å²) in [5, 5.41) is 9.76. The van der Waals surface area contributed by atoms with Crippen LogP contribution in [-0.2, 0) is 13.5 Å². The Morgan fingerprint density at radius 3 is 2.53 bits per heavy atom. The van der Waals surface area contributed by atoms with Gasteiger partial charge in [-0.25, -0.2) is 0 Å². The van der Waals surface area contributed by atoms with Crippen molar-refractivity contribution in [1.82, 2.24) is 19.7 Å². The summed E-state index contributed by atoms with van der Waals surface area (Å²) >= 11 is 12.3. The maximum Gasteiger partial charge on any atom is 0.296 e. The molecule has 0 aliphatic rings. The topological polar surface area (TPSA) is 78.2 Å². The Labute approximate surface area is 216 Å². The number of nitrogens with one attached hydrogen (secondary N) is 1. The van der Waals surface area contributed by atoms with Crippen molar-refractivity contribution in [3.05, 3.63) is 98.4 Å². The van der Waals surface area contributed by atoms with Crippen LogP contribution < -0.4 is 15.6 Å². The second-order valence-electron chi connectivity index (χ2n) is 8.32. The number of nitrogens with zero attached hydrogens (tertiary/aromatic N) is 3. The number of hydrogen-bond donors (Lipinski definition) is 1. The zero-order valence-electron chi connectivity index (χ0n) is 19.6. The SMILES string of the molecule is COc1ccc(-n2nc(C(=O)NCCc3ccc(Cl)cc3)c3c4ccccc4n(C)c3c2=O)cc1Cl. The molecule has 0 fully saturated rings. The molecule has 5 rings (SSSR count). The van der Waals surface area contributed by atoms with Gasteiger partial charge in [0.25, 0.3) is 11.5 Å². The Bertz CT molecular complexity index is 1670. The number of benzene rings is 3. The van der Waals surface area contributed by atoms with Gasteiger partial charge < -0.3 is 14.6 Å². The fourth-order valence-corrected chi connectivity index (χ4v) is 4.73. The third-order valence-electron chi connectivity index (χ3n) is 6.15. The zero-order valence-corrected chi connectivity index (χ0v) is 21.1. The lowest BCUT2D eigenvalue weighted by Gasteiger charge is -2.12. The first-order chi connectivity index (χ1) is 17.4. The van der Waals surface area contributed by atoms with Gasteiger partial charge >= 0.3 is 0 Å². The molecule has 0 aliphatic carbocycles. The standard InChI is InChI=1S/C27H22Cl2N4O3/c1-32-21-6-4-3-5-19(21)23-24(26(34)30-14-13-16-7-9-17(28)10-8-16)31-33(27(35)25(23)32)18-11-12-22(36-2)20(29)15-18/h3-12,15H,13-14H2,1-2H3,(H,30,34). The second kappa shape index (κ2) is 9.68. The molecule has 1 amide bonds. The molecular formula is C27H22Cl2N4O3. The molecule has 0 radical (unpaired) electrons. The molecule has 1 N–H and O–H groups in total. The Hall–Kier alpha value is -3.81. The van der Waals surface area contributed by atoms with Crippen LogP contribution in [0.3, 0.4) is 0 Å². The van der Waals surface area contributed by atoms with Crippen molar-refractivity contribution < 1.29 is 9.53 Å². The van der Waals surface area contributed by atoms with E-state index in [2.05, 4.69) is 10.4 Å². The average Bonchev–Trinajstić information content (AvgIpc) is 3.18. The Kier molecular flexibility index (Phi) is 6.43. The molecule has 0 aliphatic heterocycles. The van der Waals surface area contributed by atoms with Gasteiger partial charge in [0.15, 0.2) is 5.69 Å². The molecule has 36 heavy (non-hydrogen) atoms.